The SMILES string of the molecule is Cc1cc(CC(N)c2cc(F)cc(F)c2)n(C)n1. The van der Waals surface area contributed by atoms with Crippen molar-refractivity contribution in [3.63, 3.8) is 0 Å². The van der Waals surface area contributed by atoms with E-state index in [9.17, 15) is 8.78 Å². The Kier molecular flexibility index (Phi) is 3.43. The number of halogens is 2. The van der Waals surface area contributed by atoms with Gasteiger partial charge in [-0.3, -0.25) is 4.68 Å². The Morgan fingerprint density at radius 1 is 1.22 bits per heavy atom. The van der Waals surface area contributed by atoms with E-state index in [-0.39, 0.29) is 0 Å². The Labute approximate surface area is 104 Å². The van der Waals surface area contributed by atoms with Crippen molar-refractivity contribution in [2.45, 2.75) is 19.4 Å². The topological polar surface area (TPSA) is 43.8 Å². The van der Waals surface area contributed by atoms with Gasteiger partial charge < -0.3 is 5.73 Å². The number of aromatic nitrogens is 2. The molecule has 0 fully saturated rings. The summed E-state index contributed by atoms with van der Waals surface area (Å²) in [5, 5.41) is 4.21. The smallest absolute Gasteiger partial charge is 0.126 e. The van der Waals surface area contributed by atoms with E-state index in [1.54, 1.807) is 4.68 Å². The summed E-state index contributed by atoms with van der Waals surface area (Å²) < 4.78 is 27.9. The highest BCUT2D eigenvalue weighted by Gasteiger charge is 2.12. The van der Waals surface area contributed by atoms with Crippen LogP contribution in [0.25, 0.3) is 0 Å². The molecule has 2 N–H and O–H groups in total. The summed E-state index contributed by atoms with van der Waals surface area (Å²) in [6.07, 6.45) is 0.486. The molecule has 2 rings (SSSR count). The largest absolute Gasteiger partial charge is 0.324 e. The lowest BCUT2D eigenvalue weighted by atomic mass is 10.0. The van der Waals surface area contributed by atoms with Gasteiger partial charge in [0.05, 0.1) is 5.69 Å². The molecule has 18 heavy (non-hydrogen) atoms. The molecule has 1 aromatic carbocycles. The minimum absolute atomic E-state index is 0.450. The Morgan fingerprint density at radius 3 is 2.33 bits per heavy atom. The minimum atomic E-state index is -0.610. The van der Waals surface area contributed by atoms with Crippen molar-refractivity contribution in [1.29, 1.82) is 0 Å². The maximum absolute atomic E-state index is 13.1. The van der Waals surface area contributed by atoms with Gasteiger partial charge in [0.25, 0.3) is 0 Å². The summed E-state index contributed by atoms with van der Waals surface area (Å²) in [5.74, 6) is -1.22. The predicted molar refractivity (Wildman–Crippen MR) is 64.9 cm³/mol. The molecule has 1 atom stereocenters. The lowest BCUT2D eigenvalue weighted by Crippen LogP contribution is -2.15. The minimum Gasteiger partial charge on any atom is -0.324 e. The first-order valence-corrected chi connectivity index (χ1v) is 5.67. The molecule has 0 saturated heterocycles. The number of rotatable bonds is 3. The highest BCUT2D eigenvalue weighted by atomic mass is 19.1. The lowest BCUT2D eigenvalue weighted by molar-refractivity contribution is 0.569. The highest BCUT2D eigenvalue weighted by molar-refractivity contribution is 5.23. The van der Waals surface area contributed by atoms with Crippen molar-refractivity contribution >= 4 is 0 Å². The molecular formula is C13H15F2N3. The van der Waals surface area contributed by atoms with Gasteiger partial charge in [-0.25, -0.2) is 8.78 Å². The maximum Gasteiger partial charge on any atom is 0.126 e. The highest BCUT2D eigenvalue weighted by Crippen LogP contribution is 2.18. The summed E-state index contributed by atoms with van der Waals surface area (Å²) in [7, 11) is 1.82. The van der Waals surface area contributed by atoms with E-state index < -0.39 is 17.7 Å². The number of nitrogens with two attached hydrogens (primary N) is 1. The Balaban J connectivity index is 2.21. The van der Waals surface area contributed by atoms with Gasteiger partial charge in [0, 0.05) is 31.3 Å². The van der Waals surface area contributed by atoms with Crippen molar-refractivity contribution in [1.82, 2.24) is 9.78 Å². The summed E-state index contributed by atoms with van der Waals surface area (Å²) in [6, 6.07) is 4.82. The van der Waals surface area contributed by atoms with Gasteiger partial charge in [-0.2, -0.15) is 5.10 Å². The third-order valence-corrected chi connectivity index (χ3v) is 2.84. The first kappa shape index (κ1) is 12.7. The lowest BCUT2D eigenvalue weighted by Gasteiger charge is -2.12. The quantitative estimate of drug-likeness (QED) is 0.909. The van der Waals surface area contributed by atoms with Gasteiger partial charge in [0.1, 0.15) is 11.6 Å². The molecular weight excluding hydrogens is 236 g/mol. The summed E-state index contributed by atoms with van der Waals surface area (Å²) in [6.45, 7) is 1.89. The van der Waals surface area contributed by atoms with Gasteiger partial charge in [-0.15, -0.1) is 0 Å². The fourth-order valence-corrected chi connectivity index (χ4v) is 1.99. The number of aryl methyl sites for hydroxylation is 2. The molecule has 0 aliphatic carbocycles. The Morgan fingerprint density at radius 2 is 1.83 bits per heavy atom. The Bertz CT molecular complexity index is 543. The van der Waals surface area contributed by atoms with Crippen LogP contribution in [0.4, 0.5) is 8.78 Å². The van der Waals surface area contributed by atoms with Crippen LogP contribution < -0.4 is 5.73 Å². The van der Waals surface area contributed by atoms with Crippen LogP contribution >= 0.6 is 0 Å². The molecule has 1 aromatic heterocycles. The van der Waals surface area contributed by atoms with Gasteiger partial charge in [-0.05, 0) is 30.7 Å². The van der Waals surface area contributed by atoms with Crippen molar-refractivity contribution in [3.8, 4) is 0 Å². The fraction of sp³-hybridized carbons (Fsp3) is 0.308. The monoisotopic (exact) mass is 251 g/mol. The summed E-state index contributed by atoms with van der Waals surface area (Å²) in [5.41, 5.74) is 8.25. The second-order valence-corrected chi connectivity index (χ2v) is 4.41. The molecule has 0 aliphatic rings. The van der Waals surface area contributed by atoms with Gasteiger partial charge in [0.2, 0.25) is 0 Å². The third-order valence-electron chi connectivity index (χ3n) is 2.84. The molecule has 1 unspecified atom stereocenters. The van der Waals surface area contributed by atoms with Crippen LogP contribution in [0, 0.1) is 18.6 Å². The van der Waals surface area contributed by atoms with Crippen LogP contribution in [0.15, 0.2) is 24.3 Å². The average molecular weight is 251 g/mol. The van der Waals surface area contributed by atoms with Gasteiger partial charge in [0.15, 0.2) is 0 Å². The molecule has 0 aliphatic heterocycles. The number of benzene rings is 1. The fourth-order valence-electron chi connectivity index (χ4n) is 1.99. The van der Waals surface area contributed by atoms with E-state index >= 15 is 0 Å². The summed E-state index contributed by atoms with van der Waals surface area (Å²) >= 11 is 0. The molecule has 0 spiro atoms. The van der Waals surface area contributed by atoms with Crippen LogP contribution in [0.3, 0.4) is 0 Å². The van der Waals surface area contributed by atoms with E-state index in [1.807, 2.05) is 20.0 Å². The van der Waals surface area contributed by atoms with E-state index in [1.165, 1.54) is 12.1 Å². The number of nitrogens with zero attached hydrogens (tertiary/aromatic N) is 2. The van der Waals surface area contributed by atoms with E-state index in [4.69, 9.17) is 5.73 Å². The number of hydrogen-bond donors (Lipinski definition) is 1. The normalized spacial score (nSPS) is 12.7. The molecule has 0 saturated carbocycles. The molecule has 0 amide bonds. The third kappa shape index (κ3) is 2.73. The molecule has 0 bridgehead atoms. The van der Waals surface area contributed by atoms with E-state index in [0.717, 1.165) is 17.5 Å². The maximum atomic E-state index is 13.1. The first-order chi connectivity index (χ1) is 8.45. The van der Waals surface area contributed by atoms with Crippen LogP contribution in [0.5, 0.6) is 0 Å². The van der Waals surface area contributed by atoms with E-state index in [0.29, 0.717) is 12.0 Å². The first-order valence-electron chi connectivity index (χ1n) is 5.67. The molecule has 2 aromatic rings. The summed E-state index contributed by atoms with van der Waals surface area (Å²) in [4.78, 5) is 0. The zero-order chi connectivity index (χ0) is 13.3. The molecule has 0 radical (unpaired) electrons. The Hall–Kier alpha value is -1.75. The number of hydrogen-bond acceptors (Lipinski definition) is 2. The van der Waals surface area contributed by atoms with Crippen LogP contribution in [0.2, 0.25) is 0 Å². The predicted octanol–water partition coefficient (Wildman–Crippen LogP) is 2.25. The van der Waals surface area contributed by atoms with Gasteiger partial charge >= 0.3 is 0 Å². The van der Waals surface area contributed by atoms with Crippen LogP contribution in [-0.4, -0.2) is 9.78 Å². The second kappa shape index (κ2) is 4.86. The van der Waals surface area contributed by atoms with Crippen molar-refractivity contribution in [3.05, 3.63) is 52.9 Å². The van der Waals surface area contributed by atoms with Crippen molar-refractivity contribution in [2.75, 3.05) is 0 Å². The zero-order valence-electron chi connectivity index (χ0n) is 10.3. The van der Waals surface area contributed by atoms with Gasteiger partial charge in [-0.1, -0.05) is 0 Å². The van der Waals surface area contributed by atoms with E-state index in [2.05, 4.69) is 5.10 Å². The molecule has 3 nitrogen and oxygen atoms in total. The zero-order valence-corrected chi connectivity index (χ0v) is 10.3. The van der Waals surface area contributed by atoms with Crippen LogP contribution in [-0.2, 0) is 13.5 Å². The average Bonchev–Trinajstić information content (AvgIpc) is 2.56. The molecule has 96 valence electrons. The van der Waals surface area contributed by atoms with Crippen molar-refractivity contribution < 1.29 is 8.78 Å². The van der Waals surface area contributed by atoms with Crippen molar-refractivity contribution in [2.24, 2.45) is 12.8 Å². The second-order valence-electron chi connectivity index (χ2n) is 4.41. The standard InChI is InChI=1S/C13H15F2N3/c1-8-3-12(18(2)17-8)7-13(16)9-4-10(14)6-11(15)5-9/h3-6,13H,7,16H2,1-2H3. The van der Waals surface area contributed by atoms with Crippen LogP contribution in [0.1, 0.15) is 23.0 Å². The molecule has 5 heteroatoms. The molecule has 1 heterocycles.